The van der Waals surface area contributed by atoms with Gasteiger partial charge in [0.15, 0.2) is 5.69 Å². The Balaban J connectivity index is 1.45. The molecule has 0 unspecified atom stereocenters. The third-order valence-electron chi connectivity index (χ3n) is 5.54. The molecule has 0 radical (unpaired) electrons. The molecular formula is C19H22F3N7O. The lowest BCUT2D eigenvalue weighted by Crippen LogP contribution is -2.51. The molecule has 160 valence electrons. The molecule has 30 heavy (non-hydrogen) atoms. The van der Waals surface area contributed by atoms with Crippen LogP contribution < -0.4 is 10.6 Å². The minimum atomic E-state index is -4.24. The van der Waals surface area contributed by atoms with Gasteiger partial charge in [0.05, 0.1) is 18.3 Å². The van der Waals surface area contributed by atoms with Crippen molar-refractivity contribution in [2.75, 3.05) is 6.54 Å². The average molecular weight is 421 g/mol. The van der Waals surface area contributed by atoms with Crippen molar-refractivity contribution >= 4 is 16.8 Å². The lowest BCUT2D eigenvalue weighted by Gasteiger charge is -2.38. The second kappa shape index (κ2) is 7.71. The Morgan fingerprint density at radius 1 is 1.37 bits per heavy atom. The lowest BCUT2D eigenvalue weighted by molar-refractivity contribution is -0.129. The van der Waals surface area contributed by atoms with Crippen LogP contribution in [0.4, 0.5) is 13.2 Å². The number of fused-ring (bicyclic) bond motifs is 1. The molecule has 3 aromatic rings. The molecule has 3 N–H and O–H groups in total. The number of pyridine rings is 1. The largest absolute Gasteiger partial charge is 0.401 e. The van der Waals surface area contributed by atoms with Gasteiger partial charge in [-0.15, -0.1) is 0 Å². The predicted molar refractivity (Wildman–Crippen MR) is 103 cm³/mol. The fourth-order valence-corrected chi connectivity index (χ4v) is 3.77. The van der Waals surface area contributed by atoms with Gasteiger partial charge >= 0.3 is 6.18 Å². The van der Waals surface area contributed by atoms with Crippen molar-refractivity contribution in [3.8, 4) is 5.82 Å². The molecule has 1 aliphatic carbocycles. The van der Waals surface area contributed by atoms with E-state index < -0.39 is 18.3 Å². The fourth-order valence-electron chi connectivity index (χ4n) is 3.77. The van der Waals surface area contributed by atoms with Crippen LogP contribution in [0.25, 0.3) is 16.7 Å². The summed E-state index contributed by atoms with van der Waals surface area (Å²) in [5.74, 6) is 0.196. The van der Waals surface area contributed by atoms with Crippen LogP contribution in [0, 0.1) is 0 Å². The first-order valence-corrected chi connectivity index (χ1v) is 9.68. The smallest absolute Gasteiger partial charge is 0.348 e. The number of carbonyl (C=O) groups is 1. The summed E-state index contributed by atoms with van der Waals surface area (Å²) >= 11 is 0. The lowest BCUT2D eigenvalue weighted by atomic mass is 9.80. The number of imidazole rings is 1. The van der Waals surface area contributed by atoms with Crippen LogP contribution in [0.1, 0.15) is 43.1 Å². The first-order valence-electron chi connectivity index (χ1n) is 9.68. The van der Waals surface area contributed by atoms with Crippen molar-refractivity contribution < 1.29 is 18.0 Å². The fraction of sp³-hybridized carbons (Fsp3) is 0.474. The van der Waals surface area contributed by atoms with Crippen molar-refractivity contribution in [3.63, 3.8) is 0 Å². The van der Waals surface area contributed by atoms with Gasteiger partial charge in [-0.05, 0) is 38.7 Å². The van der Waals surface area contributed by atoms with E-state index in [9.17, 15) is 18.0 Å². The number of alkyl halides is 3. The van der Waals surface area contributed by atoms with Crippen LogP contribution in [0.3, 0.4) is 0 Å². The maximum absolute atomic E-state index is 13.0. The maximum atomic E-state index is 13.0. The normalized spacial score (nSPS) is 22.3. The van der Waals surface area contributed by atoms with Crippen molar-refractivity contribution in [1.82, 2.24) is 35.4 Å². The number of nitrogens with one attached hydrogen (secondary N) is 3. The van der Waals surface area contributed by atoms with Gasteiger partial charge in [0.2, 0.25) is 0 Å². The number of carbonyl (C=O) groups excluding carboxylic acids is 1. The van der Waals surface area contributed by atoms with E-state index in [2.05, 4.69) is 30.8 Å². The highest BCUT2D eigenvalue weighted by atomic mass is 19.4. The van der Waals surface area contributed by atoms with E-state index in [1.54, 1.807) is 42.5 Å². The molecule has 1 saturated carbocycles. The van der Waals surface area contributed by atoms with Crippen LogP contribution >= 0.6 is 0 Å². The highest BCUT2D eigenvalue weighted by Gasteiger charge is 2.36. The molecule has 0 spiro atoms. The molecule has 0 aromatic carbocycles. The highest BCUT2D eigenvalue weighted by molar-refractivity contribution is 6.04. The van der Waals surface area contributed by atoms with E-state index in [1.807, 2.05) is 0 Å². The zero-order valence-corrected chi connectivity index (χ0v) is 16.3. The van der Waals surface area contributed by atoms with Crippen molar-refractivity contribution in [2.45, 2.75) is 50.4 Å². The van der Waals surface area contributed by atoms with Crippen LogP contribution in [-0.2, 0) is 0 Å². The molecule has 0 bridgehead atoms. The molecule has 0 saturated heterocycles. The number of amides is 1. The number of hydrogen-bond acceptors (Lipinski definition) is 5. The molecule has 0 atom stereocenters. The van der Waals surface area contributed by atoms with Gasteiger partial charge in [-0.2, -0.15) is 18.3 Å². The Labute approximate surface area is 170 Å². The summed E-state index contributed by atoms with van der Waals surface area (Å²) in [6.07, 6.45) is 4.55. The van der Waals surface area contributed by atoms with Crippen LogP contribution in [0.5, 0.6) is 0 Å². The predicted octanol–water partition coefficient (Wildman–Crippen LogP) is 2.73. The summed E-state index contributed by atoms with van der Waals surface area (Å²) in [6.45, 7) is 0.782. The summed E-state index contributed by atoms with van der Waals surface area (Å²) in [5, 5.41) is 13.1. The Morgan fingerprint density at radius 2 is 2.13 bits per heavy atom. The van der Waals surface area contributed by atoms with E-state index in [0.29, 0.717) is 37.0 Å². The van der Waals surface area contributed by atoms with E-state index in [0.717, 1.165) is 5.39 Å². The molecule has 1 amide bonds. The molecule has 1 aliphatic rings. The Kier molecular flexibility index (Phi) is 5.22. The first-order chi connectivity index (χ1) is 14.2. The number of hydrogen-bond donors (Lipinski definition) is 3. The Bertz CT molecular complexity index is 1020. The van der Waals surface area contributed by atoms with Gasteiger partial charge in [-0.3, -0.25) is 14.5 Å². The molecule has 1 fully saturated rings. The van der Waals surface area contributed by atoms with Crippen molar-refractivity contribution in [3.05, 3.63) is 36.7 Å². The molecule has 11 heteroatoms. The van der Waals surface area contributed by atoms with Gasteiger partial charge < -0.3 is 10.6 Å². The monoisotopic (exact) mass is 421 g/mol. The number of aromatic amines is 1. The SMILES string of the molecule is C[C@]1(NCC(F)(F)F)CC[C@@H](NC(=O)c2nc(-n3ccnc3)cc3cn[nH]c23)CC1. The molecule has 3 aromatic heterocycles. The minimum absolute atomic E-state index is 0.130. The van der Waals surface area contributed by atoms with Crippen LogP contribution in [0.2, 0.25) is 0 Å². The number of rotatable bonds is 5. The summed E-state index contributed by atoms with van der Waals surface area (Å²) in [6, 6.07) is 1.67. The molecule has 3 heterocycles. The topological polar surface area (TPSA) is 101 Å². The van der Waals surface area contributed by atoms with Crippen molar-refractivity contribution in [1.29, 1.82) is 0 Å². The van der Waals surface area contributed by atoms with E-state index in [4.69, 9.17) is 0 Å². The number of aromatic nitrogens is 5. The summed E-state index contributed by atoms with van der Waals surface area (Å²) in [4.78, 5) is 21.4. The summed E-state index contributed by atoms with van der Waals surface area (Å²) < 4.78 is 39.2. The number of nitrogens with zero attached hydrogens (tertiary/aromatic N) is 4. The first kappa shape index (κ1) is 20.3. The van der Waals surface area contributed by atoms with Crippen molar-refractivity contribution in [2.24, 2.45) is 0 Å². The number of H-pyrrole nitrogens is 1. The molecule has 0 aliphatic heterocycles. The summed E-state index contributed by atoms with van der Waals surface area (Å²) in [7, 11) is 0. The second-order valence-electron chi connectivity index (χ2n) is 7.91. The number of halogens is 3. The van der Waals surface area contributed by atoms with Gasteiger partial charge in [0.25, 0.3) is 5.91 Å². The third-order valence-corrected chi connectivity index (χ3v) is 5.54. The molecular weight excluding hydrogens is 399 g/mol. The van der Waals surface area contributed by atoms with E-state index in [-0.39, 0.29) is 17.6 Å². The van der Waals surface area contributed by atoms with Crippen LogP contribution in [0.15, 0.2) is 31.0 Å². The van der Waals surface area contributed by atoms with Gasteiger partial charge in [-0.25, -0.2) is 9.97 Å². The van der Waals surface area contributed by atoms with Gasteiger partial charge in [0, 0.05) is 29.4 Å². The quantitative estimate of drug-likeness (QED) is 0.588. The summed E-state index contributed by atoms with van der Waals surface area (Å²) in [5.41, 5.74) is 0.161. The Hall–Kier alpha value is -2.95. The second-order valence-corrected chi connectivity index (χ2v) is 7.91. The molecule has 8 nitrogen and oxygen atoms in total. The standard InChI is InChI=1S/C19H22F3N7O/c1-18(24-10-19(20,21)22)4-2-13(3-5-18)26-17(30)16-15-12(9-25-28-15)8-14(27-16)29-7-6-23-11-29/h6-9,11,13,24H,2-5,10H2,1H3,(H,25,28)(H,26,30)/t13-,18+. The Morgan fingerprint density at radius 3 is 2.80 bits per heavy atom. The van der Waals surface area contributed by atoms with Crippen LogP contribution in [-0.4, -0.2) is 54.9 Å². The average Bonchev–Trinajstić information content (AvgIpc) is 3.39. The highest BCUT2D eigenvalue weighted by Crippen LogP contribution is 2.29. The zero-order valence-electron chi connectivity index (χ0n) is 16.3. The molecule has 4 rings (SSSR count). The van der Waals surface area contributed by atoms with Gasteiger partial charge in [0.1, 0.15) is 12.1 Å². The minimum Gasteiger partial charge on any atom is -0.348 e. The third kappa shape index (κ3) is 4.45. The van der Waals surface area contributed by atoms with E-state index >= 15 is 0 Å². The van der Waals surface area contributed by atoms with E-state index in [1.165, 1.54) is 0 Å². The zero-order chi connectivity index (χ0) is 21.4. The maximum Gasteiger partial charge on any atom is 0.401 e. The van der Waals surface area contributed by atoms with Gasteiger partial charge in [-0.1, -0.05) is 0 Å².